The van der Waals surface area contributed by atoms with Gasteiger partial charge in [-0.05, 0) is 119 Å². The molecule has 8 bridgehead atoms. The van der Waals surface area contributed by atoms with Gasteiger partial charge in [-0.2, -0.15) is 0 Å². The van der Waals surface area contributed by atoms with Gasteiger partial charge in [-0.1, -0.05) is 24.3 Å². The van der Waals surface area contributed by atoms with Crippen LogP contribution in [0.5, 0.6) is 34.5 Å². The van der Waals surface area contributed by atoms with Crippen LogP contribution in [0.1, 0.15) is 39.5 Å². The molecule has 0 amide bonds. The number of ketones is 2. The van der Waals surface area contributed by atoms with Gasteiger partial charge in [-0.15, -0.1) is 21.4 Å². The first kappa shape index (κ1) is 36.5. The van der Waals surface area contributed by atoms with Crippen LogP contribution < -0.4 is 31.4 Å². The van der Waals surface area contributed by atoms with Crippen molar-refractivity contribution >= 4 is 33.9 Å². The SMILES string of the molecule is O=C1C=CC(=O)C(/C2=c3\cc/c([n-]3)=C(\c3cc(O)ccc3O)c3ccc([nH]3)/C(c3cc(O)ccc3O)=c3/cc/c([n-]3)=C(\c3cc(O)ccc3O)c3ccc2[nH]3)=C1.[Zn+2]. The normalized spacial score (nSPS) is 17.6. The molecule has 0 spiro atoms. The third-order valence-corrected chi connectivity index (χ3v) is 9.72. The van der Waals surface area contributed by atoms with Crippen LogP contribution in [0.3, 0.4) is 0 Å². The maximum absolute atomic E-state index is 13.5. The summed E-state index contributed by atoms with van der Waals surface area (Å²) < 4.78 is 0. The summed E-state index contributed by atoms with van der Waals surface area (Å²) in [7, 11) is 0. The first-order valence-corrected chi connectivity index (χ1v) is 17.2. The summed E-state index contributed by atoms with van der Waals surface area (Å²) >= 11 is 0. The molecule has 4 aromatic heterocycles. The van der Waals surface area contributed by atoms with Gasteiger partial charge in [0.1, 0.15) is 34.5 Å². The maximum Gasteiger partial charge on any atom is 2.00 e. The van der Waals surface area contributed by atoms with Crippen LogP contribution in [0.25, 0.3) is 22.3 Å². The number of hydrogen-bond acceptors (Lipinski definition) is 8. The Morgan fingerprint density at radius 1 is 0.421 bits per heavy atom. The quantitative estimate of drug-likeness (QED) is 0.0739. The van der Waals surface area contributed by atoms with E-state index >= 15 is 0 Å². The number of aromatic nitrogens is 4. The second kappa shape index (κ2) is 14.0. The Labute approximate surface area is 334 Å². The minimum atomic E-state index is -0.436. The number of rotatable bonds is 4. The van der Waals surface area contributed by atoms with E-state index < -0.39 is 11.6 Å². The van der Waals surface area contributed by atoms with Gasteiger partial charge in [0, 0.05) is 45.0 Å². The van der Waals surface area contributed by atoms with E-state index in [4.69, 9.17) is 9.97 Å². The molecule has 13 heteroatoms. The number of carbonyl (C=O) groups excluding carboxylic acids is 2. The minimum absolute atomic E-state index is 0. The van der Waals surface area contributed by atoms with Gasteiger partial charge < -0.3 is 50.6 Å². The Kier molecular flexibility index (Phi) is 8.94. The Balaban J connectivity index is 0.00000455. The van der Waals surface area contributed by atoms with E-state index in [2.05, 4.69) is 9.97 Å². The van der Waals surface area contributed by atoms with Crippen LogP contribution in [-0.2, 0) is 29.1 Å². The number of aromatic hydroxyl groups is 6. The Morgan fingerprint density at radius 3 is 1.16 bits per heavy atom. The fourth-order valence-electron chi connectivity index (χ4n) is 7.22. The van der Waals surface area contributed by atoms with Crippen molar-refractivity contribution < 1.29 is 59.7 Å². The molecular formula is C44H28N4O8Zn. The van der Waals surface area contributed by atoms with E-state index in [-0.39, 0.29) is 81.8 Å². The first-order valence-electron chi connectivity index (χ1n) is 17.2. The number of H-pyrrole nitrogens is 2. The van der Waals surface area contributed by atoms with Gasteiger partial charge in [0.2, 0.25) is 0 Å². The molecule has 0 saturated heterocycles. The summed E-state index contributed by atoms with van der Waals surface area (Å²) in [6, 6.07) is 25.9. The van der Waals surface area contributed by atoms with E-state index in [1.807, 2.05) is 0 Å². The molecule has 0 radical (unpaired) electrons. The van der Waals surface area contributed by atoms with Crippen molar-refractivity contribution in [2.24, 2.45) is 0 Å². The fourth-order valence-corrected chi connectivity index (χ4v) is 7.22. The number of fused-ring (bicyclic) bond motifs is 8. The van der Waals surface area contributed by atoms with Crippen molar-refractivity contribution in [2.75, 3.05) is 0 Å². The van der Waals surface area contributed by atoms with E-state index in [1.54, 1.807) is 48.5 Å². The second-order valence-corrected chi connectivity index (χ2v) is 13.3. The predicted molar refractivity (Wildman–Crippen MR) is 204 cm³/mol. The number of carbonyl (C=O) groups is 2. The largest absolute Gasteiger partial charge is 2.00 e. The molecule has 57 heavy (non-hydrogen) atoms. The molecule has 0 unspecified atom stereocenters. The molecule has 0 atom stereocenters. The van der Waals surface area contributed by atoms with E-state index in [0.717, 1.165) is 0 Å². The monoisotopic (exact) mass is 804 g/mol. The smallest absolute Gasteiger partial charge is 0.657 e. The fraction of sp³-hybridized carbons (Fsp3) is 0. The molecule has 8 N–H and O–H groups in total. The third-order valence-electron chi connectivity index (χ3n) is 9.72. The number of aromatic amines is 2. The zero-order valence-electron chi connectivity index (χ0n) is 29.6. The van der Waals surface area contributed by atoms with Crippen molar-refractivity contribution in [1.29, 1.82) is 0 Å². The summed E-state index contributed by atoms with van der Waals surface area (Å²) in [4.78, 5) is 42.9. The van der Waals surface area contributed by atoms with Crippen molar-refractivity contribution in [2.45, 2.75) is 0 Å². The number of nitrogens with zero attached hydrogens (tertiary/aromatic N) is 2. The second-order valence-electron chi connectivity index (χ2n) is 13.3. The topological polar surface area (TPSA) is 215 Å². The van der Waals surface area contributed by atoms with Crippen molar-refractivity contribution in [3.8, 4) is 34.5 Å². The Hall–Kier alpha value is -7.50. The average molecular weight is 806 g/mol. The number of phenols is 6. The Bertz CT molecular complexity index is 3160. The zero-order valence-corrected chi connectivity index (χ0v) is 32.6. The molecule has 1 aliphatic heterocycles. The maximum atomic E-state index is 13.5. The molecule has 0 fully saturated rings. The van der Waals surface area contributed by atoms with Crippen molar-refractivity contribution in [3.05, 3.63) is 188 Å². The molecule has 12 nitrogen and oxygen atoms in total. The molecule has 2 aliphatic rings. The van der Waals surface area contributed by atoms with Crippen LogP contribution in [0, 0.1) is 0 Å². The summed E-state index contributed by atoms with van der Waals surface area (Å²) in [5.74, 6) is -1.69. The molecule has 5 heterocycles. The summed E-state index contributed by atoms with van der Waals surface area (Å²) in [5, 5.41) is 66.5. The summed E-state index contributed by atoms with van der Waals surface area (Å²) in [6.45, 7) is 0. The molecule has 7 aromatic rings. The summed E-state index contributed by atoms with van der Waals surface area (Å²) in [5.41, 5.74) is 3.78. The molecular weight excluding hydrogens is 778 g/mol. The van der Waals surface area contributed by atoms with Crippen molar-refractivity contribution in [1.82, 2.24) is 19.9 Å². The van der Waals surface area contributed by atoms with Gasteiger partial charge in [0.05, 0.1) is 0 Å². The zero-order chi connectivity index (χ0) is 38.8. The number of nitrogens with one attached hydrogen (secondary N) is 2. The van der Waals surface area contributed by atoms with Gasteiger partial charge in [0.25, 0.3) is 0 Å². The van der Waals surface area contributed by atoms with Crippen LogP contribution in [0.2, 0.25) is 0 Å². The van der Waals surface area contributed by atoms with Gasteiger partial charge in [-0.3, -0.25) is 9.59 Å². The average Bonchev–Trinajstić information content (AvgIpc) is 4.01. The number of benzene rings is 3. The first-order chi connectivity index (χ1) is 27.0. The predicted octanol–water partition coefficient (Wildman–Crippen LogP) is 2.38. The Morgan fingerprint density at radius 2 is 0.772 bits per heavy atom. The van der Waals surface area contributed by atoms with Gasteiger partial charge in [0.15, 0.2) is 11.6 Å². The molecule has 9 rings (SSSR count). The van der Waals surface area contributed by atoms with Crippen LogP contribution in [0.4, 0.5) is 0 Å². The van der Waals surface area contributed by atoms with Crippen LogP contribution in [-0.4, -0.2) is 52.2 Å². The molecule has 3 aromatic carbocycles. The van der Waals surface area contributed by atoms with Gasteiger partial charge >= 0.3 is 19.5 Å². The van der Waals surface area contributed by atoms with Crippen molar-refractivity contribution in [3.63, 3.8) is 0 Å². The van der Waals surface area contributed by atoms with E-state index in [9.17, 15) is 40.2 Å². The molecule has 1 aliphatic carbocycles. The van der Waals surface area contributed by atoms with E-state index in [1.165, 1.54) is 72.8 Å². The summed E-state index contributed by atoms with van der Waals surface area (Å²) in [6.07, 6.45) is 3.61. The number of phenolic OH excluding ortho intramolecular Hbond substituents is 6. The van der Waals surface area contributed by atoms with Crippen LogP contribution in [0.15, 0.2) is 127 Å². The minimum Gasteiger partial charge on any atom is -0.657 e. The third kappa shape index (κ3) is 6.35. The molecule has 0 saturated carbocycles. The standard InChI is InChI=1S/C44H30N4O8.Zn/c49-21-1-13-37(53)25(17-21)41-29-5-7-31(45-29)42(26-18-22(50)2-14-38(26)54)33-9-11-35(47-33)44(28-20-24(52)4-16-40(28)56)36-12-10-34(48-36)43(32-8-6-30(41)46-32)27-19-23(51)3-15-39(27)55;/h1-20H,(H10,45,46,47,48,49,50,51,52,53,54,55,56);/q;+2/p-2/b41-29-,41-30?,42-31-,42-33?,43-32?,43-34-,44-35?,44-36-;. The number of hydrogen-bond donors (Lipinski definition) is 8. The number of allylic oxidation sites excluding steroid dienone is 4. The molecule has 274 valence electrons. The van der Waals surface area contributed by atoms with Crippen LogP contribution >= 0.6 is 0 Å². The van der Waals surface area contributed by atoms with Gasteiger partial charge in [-0.25, -0.2) is 0 Å². The van der Waals surface area contributed by atoms with E-state index in [0.29, 0.717) is 60.9 Å².